The summed E-state index contributed by atoms with van der Waals surface area (Å²) < 4.78 is 60.4. The molecular weight excluding hydrogens is 550 g/mol. The van der Waals surface area contributed by atoms with E-state index in [2.05, 4.69) is 10.0 Å². The number of sulfonamides is 2. The van der Waals surface area contributed by atoms with Crippen LogP contribution in [0.3, 0.4) is 0 Å². The van der Waals surface area contributed by atoms with Crippen LogP contribution in [0, 0.1) is 6.92 Å². The first-order valence-electron chi connectivity index (χ1n) is 11.9. The van der Waals surface area contributed by atoms with Crippen molar-refractivity contribution in [3.63, 3.8) is 0 Å². The molecule has 0 atom stereocenters. The van der Waals surface area contributed by atoms with Crippen molar-refractivity contribution in [2.24, 2.45) is 0 Å². The van der Waals surface area contributed by atoms with Gasteiger partial charge in [0.1, 0.15) is 0 Å². The van der Waals surface area contributed by atoms with Gasteiger partial charge in [-0.3, -0.25) is 9.52 Å². The van der Waals surface area contributed by atoms with Gasteiger partial charge in [-0.15, -0.1) is 0 Å². The summed E-state index contributed by atoms with van der Waals surface area (Å²) in [6.45, 7) is 3.16. The monoisotopic (exact) mass is 577 g/mol. The summed E-state index contributed by atoms with van der Waals surface area (Å²) in [5, 5.41) is 3.18. The van der Waals surface area contributed by atoms with Crippen molar-refractivity contribution in [3.8, 4) is 0 Å². The lowest BCUT2D eigenvalue weighted by Gasteiger charge is -2.26. The van der Waals surface area contributed by atoms with Crippen LogP contribution in [0.15, 0.2) is 76.5 Å². The maximum Gasteiger partial charge on any atom is 0.261 e. The average molecular weight is 578 g/mol. The molecule has 1 aliphatic rings. The molecule has 0 radical (unpaired) electrons. The van der Waals surface area contributed by atoms with E-state index in [1.807, 2.05) is 0 Å². The number of carbonyl (C=O) groups excluding carboxylic acids is 1. The first-order valence-corrected chi connectivity index (χ1v) is 15.2. The van der Waals surface area contributed by atoms with Crippen LogP contribution < -0.4 is 10.0 Å². The fraction of sp³-hybridized carbons (Fsp3) is 0.269. The first kappa shape index (κ1) is 28.1. The fourth-order valence-electron chi connectivity index (χ4n) is 3.90. The molecule has 38 heavy (non-hydrogen) atoms. The van der Waals surface area contributed by atoms with E-state index in [0.29, 0.717) is 54.7 Å². The van der Waals surface area contributed by atoms with Crippen molar-refractivity contribution in [1.82, 2.24) is 4.31 Å². The molecule has 1 heterocycles. The molecule has 3 aromatic rings. The number of nitrogens with zero attached hydrogens (tertiary/aromatic N) is 1. The highest BCUT2D eigenvalue weighted by atomic mass is 35.5. The number of nitrogens with one attached hydrogen (secondary N) is 2. The van der Waals surface area contributed by atoms with Crippen molar-refractivity contribution in [2.45, 2.75) is 29.6 Å². The summed E-state index contributed by atoms with van der Waals surface area (Å²) in [6, 6.07) is 17.3. The molecule has 1 amide bonds. The number of morpholine rings is 1. The molecule has 0 spiro atoms. The minimum atomic E-state index is -3.90. The molecule has 9 nitrogen and oxygen atoms in total. The zero-order chi connectivity index (χ0) is 27.3. The average Bonchev–Trinajstić information content (AvgIpc) is 2.89. The van der Waals surface area contributed by atoms with Gasteiger partial charge in [-0.25, -0.2) is 16.8 Å². The van der Waals surface area contributed by atoms with E-state index in [4.69, 9.17) is 16.3 Å². The number of carbonyl (C=O) groups is 1. The fourth-order valence-corrected chi connectivity index (χ4v) is 6.58. The van der Waals surface area contributed by atoms with E-state index >= 15 is 0 Å². The van der Waals surface area contributed by atoms with Crippen molar-refractivity contribution in [3.05, 3.63) is 82.9 Å². The maximum absolute atomic E-state index is 12.9. The van der Waals surface area contributed by atoms with E-state index in [-0.39, 0.29) is 22.1 Å². The molecule has 1 saturated heterocycles. The number of benzene rings is 3. The number of aryl methyl sites for hydroxylation is 2. The Hall–Kier alpha value is -2.96. The van der Waals surface area contributed by atoms with Gasteiger partial charge in [0.05, 0.1) is 28.7 Å². The lowest BCUT2D eigenvalue weighted by atomic mass is 10.1. The van der Waals surface area contributed by atoms with Crippen LogP contribution in [-0.4, -0.2) is 53.4 Å². The minimum Gasteiger partial charge on any atom is -0.379 e. The Kier molecular flexibility index (Phi) is 8.74. The van der Waals surface area contributed by atoms with Gasteiger partial charge in [-0.05, 0) is 66.9 Å². The van der Waals surface area contributed by atoms with Gasteiger partial charge in [-0.2, -0.15) is 4.31 Å². The second-order valence-electron chi connectivity index (χ2n) is 8.80. The molecule has 202 valence electrons. The van der Waals surface area contributed by atoms with Crippen LogP contribution in [0.25, 0.3) is 0 Å². The predicted octanol–water partition coefficient (Wildman–Crippen LogP) is 4.04. The van der Waals surface area contributed by atoms with Gasteiger partial charge in [0, 0.05) is 30.2 Å². The van der Waals surface area contributed by atoms with E-state index in [9.17, 15) is 21.6 Å². The second-order valence-corrected chi connectivity index (χ2v) is 12.9. The summed E-state index contributed by atoms with van der Waals surface area (Å²) in [7, 11) is -7.48. The van der Waals surface area contributed by atoms with Crippen LogP contribution in [0.1, 0.15) is 17.5 Å². The SMILES string of the molecule is Cc1ccc(S(=O)(=O)Nc2cccc(Cl)c2)cc1NC(=O)CCc1ccc(S(=O)(=O)N2CCOCC2)cc1. The Bertz CT molecular complexity index is 1520. The van der Waals surface area contributed by atoms with Gasteiger partial charge >= 0.3 is 0 Å². The molecule has 4 rings (SSSR count). The van der Waals surface area contributed by atoms with Gasteiger partial charge in [0.15, 0.2) is 0 Å². The largest absolute Gasteiger partial charge is 0.379 e. The van der Waals surface area contributed by atoms with Crippen LogP contribution in [0.5, 0.6) is 0 Å². The Morgan fingerprint density at radius 2 is 1.63 bits per heavy atom. The highest BCUT2D eigenvalue weighted by molar-refractivity contribution is 7.92. The van der Waals surface area contributed by atoms with Gasteiger partial charge in [0.25, 0.3) is 10.0 Å². The normalized spacial score (nSPS) is 14.7. The molecule has 2 N–H and O–H groups in total. The third kappa shape index (κ3) is 6.91. The van der Waals surface area contributed by atoms with Crippen molar-refractivity contribution < 1.29 is 26.4 Å². The highest BCUT2D eigenvalue weighted by Crippen LogP contribution is 2.24. The molecular formula is C26H28ClN3O6S2. The third-order valence-corrected chi connectivity index (χ3v) is 9.57. The van der Waals surface area contributed by atoms with Crippen LogP contribution in [-0.2, 0) is 36.0 Å². The quantitative estimate of drug-likeness (QED) is 0.396. The molecule has 12 heteroatoms. The second kappa shape index (κ2) is 11.8. The zero-order valence-electron chi connectivity index (χ0n) is 20.7. The third-order valence-electron chi connectivity index (χ3n) is 6.04. The Morgan fingerprint density at radius 1 is 0.947 bits per heavy atom. The number of amides is 1. The lowest BCUT2D eigenvalue weighted by Crippen LogP contribution is -2.40. The molecule has 0 saturated carbocycles. The molecule has 1 aliphatic heterocycles. The van der Waals surface area contributed by atoms with Crippen LogP contribution >= 0.6 is 11.6 Å². The highest BCUT2D eigenvalue weighted by Gasteiger charge is 2.26. The minimum absolute atomic E-state index is 0.00422. The van der Waals surface area contributed by atoms with E-state index in [0.717, 1.165) is 5.56 Å². The van der Waals surface area contributed by atoms with E-state index in [1.165, 1.54) is 22.5 Å². The van der Waals surface area contributed by atoms with Crippen molar-refractivity contribution in [2.75, 3.05) is 36.3 Å². The Labute approximate surface area is 227 Å². The van der Waals surface area contributed by atoms with E-state index < -0.39 is 20.0 Å². The standard InChI is InChI=1S/C26H28ClN3O6S2/c1-19-5-9-24(37(32,33)29-22-4-2-3-21(27)17-22)18-25(19)28-26(31)12-8-20-6-10-23(11-7-20)38(34,35)30-13-15-36-16-14-30/h2-7,9-11,17-18,29H,8,12-16H2,1H3,(H,28,31). The summed E-state index contributed by atoms with van der Waals surface area (Å²) in [5.74, 6) is -0.296. The molecule has 0 unspecified atom stereocenters. The van der Waals surface area contributed by atoms with Crippen LogP contribution in [0.4, 0.5) is 11.4 Å². The number of anilines is 2. The smallest absolute Gasteiger partial charge is 0.261 e. The van der Waals surface area contributed by atoms with Gasteiger partial charge in [0.2, 0.25) is 15.9 Å². The number of rotatable bonds is 9. The number of hydrogen-bond acceptors (Lipinski definition) is 6. The molecule has 3 aromatic carbocycles. The Balaban J connectivity index is 1.38. The van der Waals surface area contributed by atoms with Gasteiger partial charge < -0.3 is 10.1 Å². The summed E-state index contributed by atoms with van der Waals surface area (Å²) in [4.78, 5) is 12.9. The van der Waals surface area contributed by atoms with Crippen molar-refractivity contribution >= 4 is 48.9 Å². The molecule has 0 bridgehead atoms. The first-order chi connectivity index (χ1) is 18.0. The maximum atomic E-state index is 12.9. The number of halogens is 1. The molecule has 1 fully saturated rings. The molecule has 0 aliphatic carbocycles. The summed E-state index contributed by atoms with van der Waals surface area (Å²) in [6.07, 6.45) is 0.518. The molecule has 0 aromatic heterocycles. The Morgan fingerprint density at radius 3 is 2.32 bits per heavy atom. The number of ether oxygens (including phenoxy) is 1. The summed E-state index contributed by atoms with van der Waals surface area (Å²) >= 11 is 5.94. The zero-order valence-corrected chi connectivity index (χ0v) is 23.1. The van der Waals surface area contributed by atoms with E-state index in [1.54, 1.807) is 55.5 Å². The lowest BCUT2D eigenvalue weighted by molar-refractivity contribution is -0.116. The van der Waals surface area contributed by atoms with Crippen molar-refractivity contribution in [1.29, 1.82) is 0 Å². The predicted molar refractivity (Wildman–Crippen MR) is 146 cm³/mol. The topological polar surface area (TPSA) is 122 Å². The van der Waals surface area contributed by atoms with Gasteiger partial charge in [-0.1, -0.05) is 35.9 Å². The summed E-state index contributed by atoms with van der Waals surface area (Å²) in [5.41, 5.74) is 2.22. The number of hydrogen-bond donors (Lipinski definition) is 2. The van der Waals surface area contributed by atoms with Crippen LogP contribution in [0.2, 0.25) is 5.02 Å².